The summed E-state index contributed by atoms with van der Waals surface area (Å²) in [5, 5.41) is 13.2. The van der Waals surface area contributed by atoms with Crippen molar-refractivity contribution in [2.75, 3.05) is 13.7 Å². The first kappa shape index (κ1) is 13.4. The van der Waals surface area contributed by atoms with Crippen LogP contribution in [0.4, 0.5) is 0 Å². The number of hydrogen-bond acceptors (Lipinski definition) is 3. The van der Waals surface area contributed by atoms with E-state index in [-0.39, 0.29) is 12.6 Å². The van der Waals surface area contributed by atoms with Crippen molar-refractivity contribution in [3.63, 3.8) is 0 Å². The first-order valence-corrected chi connectivity index (χ1v) is 6.79. The Balaban J connectivity index is 2.06. The van der Waals surface area contributed by atoms with Crippen molar-refractivity contribution in [2.24, 2.45) is 5.92 Å². The normalized spacial score (nSPS) is 18.4. The highest BCUT2D eigenvalue weighted by molar-refractivity contribution is 5.30. The molecule has 1 aromatic carbocycles. The van der Waals surface area contributed by atoms with Gasteiger partial charge < -0.3 is 15.2 Å². The van der Waals surface area contributed by atoms with Crippen molar-refractivity contribution in [3.05, 3.63) is 29.8 Å². The highest BCUT2D eigenvalue weighted by Crippen LogP contribution is 2.35. The van der Waals surface area contributed by atoms with E-state index >= 15 is 0 Å². The second-order valence-electron chi connectivity index (χ2n) is 5.03. The summed E-state index contributed by atoms with van der Waals surface area (Å²) < 4.78 is 5.23. The van der Waals surface area contributed by atoms with E-state index in [1.807, 2.05) is 24.3 Å². The van der Waals surface area contributed by atoms with E-state index in [9.17, 15) is 5.11 Å². The molecule has 0 radical (unpaired) electrons. The molecule has 0 spiro atoms. The highest BCUT2D eigenvalue weighted by atomic mass is 16.5. The van der Waals surface area contributed by atoms with E-state index in [1.165, 1.54) is 12.8 Å². The van der Waals surface area contributed by atoms with Gasteiger partial charge >= 0.3 is 0 Å². The van der Waals surface area contributed by atoms with Crippen LogP contribution in [0.15, 0.2) is 24.3 Å². The maximum atomic E-state index is 9.59. The summed E-state index contributed by atoms with van der Waals surface area (Å²) >= 11 is 0. The smallest absolute Gasteiger partial charge is 0.119 e. The summed E-state index contributed by atoms with van der Waals surface area (Å²) in [6, 6.07) is 8.45. The van der Waals surface area contributed by atoms with Gasteiger partial charge in [-0.25, -0.2) is 0 Å². The van der Waals surface area contributed by atoms with Gasteiger partial charge in [0.1, 0.15) is 5.75 Å². The molecule has 0 saturated heterocycles. The van der Waals surface area contributed by atoms with Crippen molar-refractivity contribution in [1.82, 2.24) is 5.32 Å². The Morgan fingerprint density at radius 2 is 2.22 bits per heavy atom. The summed E-state index contributed by atoms with van der Waals surface area (Å²) in [6.45, 7) is 2.33. The van der Waals surface area contributed by atoms with Gasteiger partial charge in [0.15, 0.2) is 0 Å². The molecule has 0 bridgehead atoms. The molecule has 18 heavy (non-hydrogen) atoms. The Bertz CT molecular complexity index is 377. The molecule has 1 aliphatic rings. The van der Waals surface area contributed by atoms with Crippen LogP contribution in [0.5, 0.6) is 5.75 Å². The zero-order valence-electron chi connectivity index (χ0n) is 11.2. The lowest BCUT2D eigenvalue weighted by atomic mass is 10.0. The Kier molecular flexibility index (Phi) is 4.61. The number of rotatable bonds is 7. The van der Waals surface area contributed by atoms with E-state index < -0.39 is 0 Å². The standard InChI is InChI=1S/C15H23NO2/c1-3-14(11-7-8-11)16-15(10-17)12-5-4-6-13(9-12)18-2/h4-6,9,11,14-17H,3,7-8,10H2,1-2H3. The summed E-state index contributed by atoms with van der Waals surface area (Å²) in [4.78, 5) is 0. The minimum absolute atomic E-state index is 0.00523. The van der Waals surface area contributed by atoms with Gasteiger partial charge in [-0.2, -0.15) is 0 Å². The Morgan fingerprint density at radius 3 is 2.78 bits per heavy atom. The first-order valence-electron chi connectivity index (χ1n) is 6.79. The monoisotopic (exact) mass is 249 g/mol. The Hall–Kier alpha value is -1.06. The molecular weight excluding hydrogens is 226 g/mol. The molecule has 3 nitrogen and oxygen atoms in total. The molecule has 1 aromatic rings. The van der Waals surface area contributed by atoms with Crippen molar-refractivity contribution in [2.45, 2.75) is 38.3 Å². The number of ether oxygens (including phenoxy) is 1. The fourth-order valence-electron chi connectivity index (χ4n) is 2.46. The molecule has 2 N–H and O–H groups in total. The van der Waals surface area contributed by atoms with Crippen LogP contribution in [0.1, 0.15) is 37.8 Å². The van der Waals surface area contributed by atoms with Gasteiger partial charge in [-0.3, -0.25) is 0 Å². The van der Waals surface area contributed by atoms with Crippen LogP contribution >= 0.6 is 0 Å². The summed E-state index contributed by atoms with van der Waals surface area (Å²) in [5.41, 5.74) is 1.09. The van der Waals surface area contributed by atoms with E-state index in [2.05, 4.69) is 12.2 Å². The summed E-state index contributed by atoms with van der Waals surface area (Å²) in [7, 11) is 1.67. The van der Waals surface area contributed by atoms with Crippen molar-refractivity contribution >= 4 is 0 Å². The van der Waals surface area contributed by atoms with E-state index in [0.717, 1.165) is 23.7 Å². The maximum absolute atomic E-state index is 9.59. The van der Waals surface area contributed by atoms with Crippen molar-refractivity contribution in [1.29, 1.82) is 0 Å². The third kappa shape index (κ3) is 3.24. The molecule has 0 amide bonds. The van der Waals surface area contributed by atoms with Gasteiger partial charge in [-0.1, -0.05) is 19.1 Å². The fraction of sp³-hybridized carbons (Fsp3) is 0.600. The van der Waals surface area contributed by atoms with Crippen LogP contribution in [-0.2, 0) is 0 Å². The summed E-state index contributed by atoms with van der Waals surface area (Å²) in [5.74, 6) is 1.64. The predicted molar refractivity (Wildman–Crippen MR) is 72.8 cm³/mol. The van der Waals surface area contributed by atoms with Gasteiger partial charge in [-0.05, 0) is 42.9 Å². The summed E-state index contributed by atoms with van der Waals surface area (Å²) in [6.07, 6.45) is 3.76. The highest BCUT2D eigenvalue weighted by Gasteiger charge is 2.31. The molecule has 2 rings (SSSR count). The number of aliphatic hydroxyl groups excluding tert-OH is 1. The van der Waals surface area contributed by atoms with Crippen molar-refractivity contribution < 1.29 is 9.84 Å². The minimum atomic E-state index is 0.00523. The first-order chi connectivity index (χ1) is 8.78. The predicted octanol–water partition coefficient (Wildman–Crippen LogP) is 2.51. The number of methoxy groups -OCH3 is 1. The number of hydrogen-bond donors (Lipinski definition) is 2. The minimum Gasteiger partial charge on any atom is -0.497 e. The van der Waals surface area contributed by atoms with Crippen LogP contribution < -0.4 is 10.1 Å². The average molecular weight is 249 g/mol. The van der Waals surface area contributed by atoms with E-state index in [1.54, 1.807) is 7.11 Å². The second-order valence-corrected chi connectivity index (χ2v) is 5.03. The lowest BCUT2D eigenvalue weighted by Crippen LogP contribution is -2.35. The van der Waals surface area contributed by atoms with E-state index in [0.29, 0.717) is 6.04 Å². The van der Waals surface area contributed by atoms with Crippen LogP contribution in [0, 0.1) is 5.92 Å². The largest absolute Gasteiger partial charge is 0.497 e. The Labute approximate surface area is 109 Å². The lowest BCUT2D eigenvalue weighted by Gasteiger charge is -2.24. The average Bonchev–Trinajstić information content (AvgIpc) is 3.25. The van der Waals surface area contributed by atoms with Gasteiger partial charge in [0.05, 0.1) is 19.8 Å². The third-order valence-corrected chi connectivity index (χ3v) is 3.72. The molecule has 1 fully saturated rings. The third-order valence-electron chi connectivity index (χ3n) is 3.72. The van der Waals surface area contributed by atoms with Crippen molar-refractivity contribution in [3.8, 4) is 5.75 Å². The maximum Gasteiger partial charge on any atom is 0.119 e. The lowest BCUT2D eigenvalue weighted by molar-refractivity contribution is 0.226. The molecule has 0 aliphatic heterocycles. The zero-order chi connectivity index (χ0) is 13.0. The fourth-order valence-corrected chi connectivity index (χ4v) is 2.46. The van der Waals surface area contributed by atoms with Gasteiger partial charge in [0, 0.05) is 6.04 Å². The molecular formula is C15H23NO2. The second kappa shape index (κ2) is 6.21. The van der Waals surface area contributed by atoms with Gasteiger partial charge in [0.2, 0.25) is 0 Å². The number of benzene rings is 1. The topological polar surface area (TPSA) is 41.5 Å². The van der Waals surface area contributed by atoms with Crippen LogP contribution in [0.2, 0.25) is 0 Å². The molecule has 1 aliphatic carbocycles. The van der Waals surface area contributed by atoms with Gasteiger partial charge in [0.25, 0.3) is 0 Å². The zero-order valence-corrected chi connectivity index (χ0v) is 11.2. The SMILES string of the molecule is CCC(NC(CO)c1cccc(OC)c1)C1CC1. The molecule has 3 heteroatoms. The molecule has 0 aromatic heterocycles. The van der Waals surface area contributed by atoms with Gasteiger partial charge in [-0.15, -0.1) is 0 Å². The number of aliphatic hydroxyl groups is 1. The molecule has 1 saturated carbocycles. The Morgan fingerprint density at radius 1 is 1.44 bits per heavy atom. The quantitative estimate of drug-likeness (QED) is 0.780. The van der Waals surface area contributed by atoms with Crippen LogP contribution in [0.25, 0.3) is 0 Å². The molecule has 0 heterocycles. The molecule has 2 atom stereocenters. The molecule has 100 valence electrons. The van der Waals surface area contributed by atoms with Crippen LogP contribution in [-0.4, -0.2) is 24.9 Å². The molecule has 2 unspecified atom stereocenters. The number of nitrogens with one attached hydrogen (secondary N) is 1. The van der Waals surface area contributed by atoms with Crippen LogP contribution in [0.3, 0.4) is 0 Å². The van der Waals surface area contributed by atoms with E-state index in [4.69, 9.17) is 4.74 Å².